The summed E-state index contributed by atoms with van der Waals surface area (Å²) in [7, 11) is 0. The summed E-state index contributed by atoms with van der Waals surface area (Å²) in [5.41, 5.74) is 0.639. The van der Waals surface area contributed by atoms with Crippen molar-refractivity contribution in [3.05, 3.63) is 53.2 Å². The predicted molar refractivity (Wildman–Crippen MR) is 98.2 cm³/mol. The second-order valence-electron chi connectivity index (χ2n) is 5.32. The second-order valence-corrected chi connectivity index (χ2v) is 6.93. The molecule has 0 unspecified atom stereocenters. The molecule has 2 aromatic rings. The van der Waals surface area contributed by atoms with Crippen LogP contribution >= 0.6 is 23.4 Å². The number of nitrogens with one attached hydrogen (secondary N) is 2. The summed E-state index contributed by atoms with van der Waals surface area (Å²) >= 11 is 7.40. The molecule has 146 valence electrons. The van der Waals surface area contributed by atoms with Crippen LogP contribution in [0.2, 0.25) is 5.02 Å². The molecule has 2 N–H and O–H groups in total. The number of alkyl halides is 3. The highest BCUT2D eigenvalue weighted by Crippen LogP contribution is 2.19. The monoisotopic (exact) mass is 419 g/mol. The van der Waals surface area contributed by atoms with E-state index in [0.29, 0.717) is 22.9 Å². The van der Waals surface area contributed by atoms with Gasteiger partial charge in [0.05, 0.1) is 0 Å². The van der Waals surface area contributed by atoms with Crippen molar-refractivity contribution in [3.8, 4) is 5.88 Å². The van der Waals surface area contributed by atoms with Crippen molar-refractivity contribution in [1.82, 2.24) is 15.6 Å². The molecule has 27 heavy (non-hydrogen) atoms. The lowest BCUT2D eigenvalue weighted by Gasteiger charge is -2.09. The Bertz CT molecular complexity index is 728. The van der Waals surface area contributed by atoms with E-state index in [-0.39, 0.29) is 18.5 Å². The Balaban J connectivity index is 1.62. The second kappa shape index (κ2) is 10.3. The average molecular weight is 420 g/mol. The number of aromatic nitrogens is 1. The summed E-state index contributed by atoms with van der Waals surface area (Å²) in [6.07, 6.45) is -3.06. The zero-order valence-corrected chi connectivity index (χ0v) is 15.6. The van der Waals surface area contributed by atoms with Gasteiger partial charge in [-0.2, -0.15) is 13.2 Å². The van der Waals surface area contributed by atoms with E-state index in [9.17, 15) is 18.0 Å². The summed E-state index contributed by atoms with van der Waals surface area (Å²) < 4.78 is 40.7. The molecule has 0 aliphatic heterocycles. The minimum atomic E-state index is -4.41. The van der Waals surface area contributed by atoms with Crippen LogP contribution in [0.3, 0.4) is 0 Å². The lowest BCUT2D eigenvalue weighted by Crippen LogP contribution is -2.36. The van der Waals surface area contributed by atoms with Gasteiger partial charge in [-0.25, -0.2) is 9.78 Å². The molecule has 0 saturated heterocycles. The van der Waals surface area contributed by atoms with E-state index in [2.05, 4.69) is 20.4 Å². The molecule has 0 aliphatic rings. The standard InChI is InChI=1S/C17H17ClF3N3O2S/c18-13-2-4-14(5-3-13)27-8-7-22-16(25)24-10-12-1-6-15(23-9-12)26-11-17(19,20)21/h1-6,9H,7-8,10-11H2,(H2,22,24,25). The third-order valence-corrected chi connectivity index (χ3v) is 4.37. The number of rotatable bonds is 8. The molecule has 5 nitrogen and oxygen atoms in total. The number of nitrogens with zero attached hydrogens (tertiary/aromatic N) is 1. The van der Waals surface area contributed by atoms with Gasteiger partial charge in [-0.1, -0.05) is 17.7 Å². The number of thioether (sulfide) groups is 1. The Morgan fingerprint density at radius 1 is 1.15 bits per heavy atom. The van der Waals surface area contributed by atoms with Crippen LogP contribution in [-0.2, 0) is 6.54 Å². The van der Waals surface area contributed by atoms with Crippen LogP contribution in [0, 0.1) is 0 Å². The predicted octanol–water partition coefficient (Wildman–Crippen LogP) is 4.27. The number of ether oxygens (including phenoxy) is 1. The first-order valence-electron chi connectivity index (χ1n) is 7.86. The van der Waals surface area contributed by atoms with Gasteiger partial charge in [-0.05, 0) is 29.8 Å². The molecule has 10 heteroatoms. The van der Waals surface area contributed by atoms with Crippen molar-refractivity contribution in [2.45, 2.75) is 17.6 Å². The summed E-state index contributed by atoms with van der Waals surface area (Å²) in [4.78, 5) is 16.6. The molecule has 2 rings (SSSR count). The van der Waals surface area contributed by atoms with E-state index in [1.54, 1.807) is 23.9 Å². The van der Waals surface area contributed by atoms with Crippen molar-refractivity contribution in [3.63, 3.8) is 0 Å². The molecule has 0 aliphatic carbocycles. The number of urea groups is 1. The fraction of sp³-hybridized carbons (Fsp3) is 0.294. The molecular weight excluding hydrogens is 403 g/mol. The van der Waals surface area contributed by atoms with Gasteiger partial charge in [-0.15, -0.1) is 11.8 Å². The summed E-state index contributed by atoms with van der Waals surface area (Å²) in [6, 6.07) is 9.93. The summed E-state index contributed by atoms with van der Waals surface area (Å²) in [6.45, 7) is -0.724. The topological polar surface area (TPSA) is 63.2 Å². The fourth-order valence-electron chi connectivity index (χ4n) is 1.87. The number of carbonyl (C=O) groups excluding carboxylic acids is 1. The van der Waals surface area contributed by atoms with E-state index in [4.69, 9.17) is 11.6 Å². The molecule has 0 saturated carbocycles. The molecule has 0 atom stereocenters. The van der Waals surface area contributed by atoms with Gasteiger partial charge in [0.2, 0.25) is 5.88 Å². The Kier molecular flexibility index (Phi) is 8.05. The molecule has 0 radical (unpaired) electrons. The first-order chi connectivity index (χ1) is 12.8. The number of amides is 2. The van der Waals surface area contributed by atoms with Crippen LogP contribution in [0.4, 0.5) is 18.0 Å². The molecule has 1 aromatic heterocycles. The normalized spacial score (nSPS) is 11.1. The Hall–Kier alpha value is -2.13. The number of carbonyl (C=O) groups is 1. The lowest BCUT2D eigenvalue weighted by atomic mass is 10.3. The quantitative estimate of drug-likeness (QED) is 0.495. The number of halogens is 4. The van der Waals surface area contributed by atoms with Gasteiger partial charge in [0.25, 0.3) is 0 Å². The van der Waals surface area contributed by atoms with Crippen molar-refractivity contribution in [2.75, 3.05) is 18.9 Å². The Morgan fingerprint density at radius 2 is 1.89 bits per heavy atom. The van der Waals surface area contributed by atoms with Crippen LogP contribution in [0.15, 0.2) is 47.5 Å². The highest BCUT2D eigenvalue weighted by Gasteiger charge is 2.28. The third-order valence-electron chi connectivity index (χ3n) is 3.10. The smallest absolute Gasteiger partial charge is 0.422 e. The molecule has 2 amide bonds. The van der Waals surface area contributed by atoms with Crippen LogP contribution < -0.4 is 15.4 Å². The molecular formula is C17H17ClF3N3O2S. The van der Waals surface area contributed by atoms with Crippen LogP contribution in [0.5, 0.6) is 5.88 Å². The van der Waals surface area contributed by atoms with E-state index >= 15 is 0 Å². The number of hydrogen-bond acceptors (Lipinski definition) is 4. The van der Waals surface area contributed by atoms with Crippen molar-refractivity contribution in [1.29, 1.82) is 0 Å². The highest BCUT2D eigenvalue weighted by atomic mass is 35.5. The summed E-state index contributed by atoms with van der Waals surface area (Å²) in [5, 5.41) is 6.03. The van der Waals surface area contributed by atoms with Gasteiger partial charge in [0, 0.05) is 41.0 Å². The van der Waals surface area contributed by atoms with Gasteiger partial charge in [0.15, 0.2) is 6.61 Å². The zero-order chi connectivity index (χ0) is 19.7. The molecule has 1 aromatic carbocycles. The van der Waals surface area contributed by atoms with E-state index < -0.39 is 12.8 Å². The Labute approximate surface area is 163 Å². The molecule has 0 bridgehead atoms. The largest absolute Gasteiger partial charge is 0.468 e. The highest BCUT2D eigenvalue weighted by molar-refractivity contribution is 7.99. The molecule has 1 heterocycles. The number of benzene rings is 1. The maximum Gasteiger partial charge on any atom is 0.422 e. The fourth-order valence-corrected chi connectivity index (χ4v) is 2.76. The average Bonchev–Trinajstić information content (AvgIpc) is 2.63. The van der Waals surface area contributed by atoms with Crippen molar-refractivity contribution < 1.29 is 22.7 Å². The van der Waals surface area contributed by atoms with Gasteiger partial charge in [0.1, 0.15) is 0 Å². The maximum atomic E-state index is 12.1. The lowest BCUT2D eigenvalue weighted by molar-refractivity contribution is -0.154. The third kappa shape index (κ3) is 8.87. The van der Waals surface area contributed by atoms with Crippen LogP contribution in [0.25, 0.3) is 0 Å². The summed E-state index contributed by atoms with van der Waals surface area (Å²) in [5.74, 6) is 0.571. The minimum Gasteiger partial charge on any atom is -0.468 e. The maximum absolute atomic E-state index is 12.1. The first-order valence-corrected chi connectivity index (χ1v) is 9.23. The van der Waals surface area contributed by atoms with E-state index in [1.807, 2.05) is 12.1 Å². The zero-order valence-electron chi connectivity index (χ0n) is 14.1. The Morgan fingerprint density at radius 3 is 2.52 bits per heavy atom. The van der Waals surface area contributed by atoms with Gasteiger partial charge < -0.3 is 15.4 Å². The molecule has 0 fully saturated rings. The first kappa shape index (κ1) is 21.2. The van der Waals surface area contributed by atoms with Crippen molar-refractivity contribution in [2.24, 2.45) is 0 Å². The molecule has 0 spiro atoms. The van der Waals surface area contributed by atoms with Crippen molar-refractivity contribution >= 4 is 29.4 Å². The van der Waals surface area contributed by atoms with Gasteiger partial charge >= 0.3 is 12.2 Å². The SMILES string of the molecule is O=C(NCCSc1ccc(Cl)cc1)NCc1ccc(OCC(F)(F)F)nc1. The minimum absolute atomic E-state index is 0.125. The van der Waals surface area contributed by atoms with Crippen LogP contribution in [-0.4, -0.2) is 36.1 Å². The number of hydrogen-bond donors (Lipinski definition) is 2. The number of pyridine rings is 1. The van der Waals surface area contributed by atoms with E-state index in [1.165, 1.54) is 18.3 Å². The van der Waals surface area contributed by atoms with Crippen LogP contribution in [0.1, 0.15) is 5.56 Å². The van der Waals surface area contributed by atoms with E-state index in [0.717, 1.165) is 4.90 Å². The van der Waals surface area contributed by atoms with Gasteiger partial charge in [-0.3, -0.25) is 0 Å².